The second-order valence-electron chi connectivity index (χ2n) is 13.8. The van der Waals surface area contributed by atoms with Crippen LogP contribution in [0.4, 0.5) is 4.39 Å². The van der Waals surface area contributed by atoms with Crippen molar-refractivity contribution < 1.29 is 42.3 Å². The molecular weight excluding hydrogens is 627 g/mol. The summed E-state index contributed by atoms with van der Waals surface area (Å²) in [5.74, 6) is 2.25. The summed E-state index contributed by atoms with van der Waals surface area (Å²) in [6, 6.07) is 18.7. The Balaban J connectivity index is 0.000000192. The Kier molecular flexibility index (Phi) is 12.6. The van der Waals surface area contributed by atoms with Gasteiger partial charge < -0.3 is 38.0 Å². The van der Waals surface area contributed by atoms with Gasteiger partial charge in [-0.05, 0) is 78.8 Å². The highest BCUT2D eigenvalue weighted by molar-refractivity contribution is 5.65. The molecule has 0 unspecified atom stereocenters. The number of benzene rings is 3. The number of aldehydes is 1. The van der Waals surface area contributed by atoms with Gasteiger partial charge in [0, 0.05) is 6.42 Å². The first kappa shape index (κ1) is 36.6. The Labute approximate surface area is 290 Å². The number of methoxy groups -OCH3 is 1. The quantitative estimate of drug-likeness (QED) is 0.134. The van der Waals surface area contributed by atoms with Gasteiger partial charge in [0.05, 0.1) is 82.8 Å². The van der Waals surface area contributed by atoms with Crippen molar-refractivity contribution in [3.63, 3.8) is 0 Å². The van der Waals surface area contributed by atoms with Gasteiger partial charge in [0.25, 0.3) is 0 Å². The van der Waals surface area contributed by atoms with Crippen molar-refractivity contribution >= 4 is 6.29 Å². The van der Waals surface area contributed by atoms with Crippen molar-refractivity contribution in [2.45, 2.75) is 52.9 Å². The molecule has 0 aromatic heterocycles. The minimum absolute atomic E-state index is 0.114. The summed E-state index contributed by atoms with van der Waals surface area (Å²) >= 11 is 0. The lowest BCUT2D eigenvalue weighted by Crippen LogP contribution is -2.47. The average molecular weight is 679 g/mol. The first-order chi connectivity index (χ1) is 23.8. The van der Waals surface area contributed by atoms with Gasteiger partial charge in [-0.2, -0.15) is 0 Å². The van der Waals surface area contributed by atoms with Crippen LogP contribution < -0.4 is 18.9 Å². The molecule has 0 N–H and O–H groups in total. The van der Waals surface area contributed by atoms with E-state index in [9.17, 15) is 9.18 Å². The van der Waals surface area contributed by atoms with Crippen LogP contribution in [0.25, 0.3) is 11.1 Å². The molecule has 266 valence electrons. The smallest absolute Gasteiger partial charge is 0.165 e. The molecule has 9 heteroatoms. The molecule has 3 aliphatic rings. The molecule has 0 amide bonds. The van der Waals surface area contributed by atoms with Gasteiger partial charge in [0.1, 0.15) is 12.0 Å². The third kappa shape index (κ3) is 9.12. The Morgan fingerprint density at radius 2 is 1.16 bits per heavy atom. The topological polar surface area (TPSA) is 81.7 Å². The fourth-order valence-corrected chi connectivity index (χ4v) is 5.79. The standard InChI is InChI=1S/C21H30O5.C19H21FO3/c1-3-20(11-23-12-20)15-25-18-8-7-17(6-5-9-22)10-19(18)26-16-21(4-2)13-24-14-21;1-3-19(11-22-12-19)13-23-16-7-4-14(5-8-16)15-6-9-18(21-2)17(20)10-15/h7-10H,3-6,11-16H2,1-2H3;4-10H,3,11-13H2,1-2H3. The second-order valence-corrected chi connectivity index (χ2v) is 13.8. The lowest BCUT2D eigenvalue weighted by molar-refractivity contribution is -0.136. The van der Waals surface area contributed by atoms with Crippen LogP contribution in [-0.2, 0) is 25.4 Å². The number of ether oxygens (including phenoxy) is 7. The molecule has 3 aromatic rings. The maximum Gasteiger partial charge on any atom is 0.165 e. The van der Waals surface area contributed by atoms with Gasteiger partial charge in [0.15, 0.2) is 23.1 Å². The van der Waals surface area contributed by atoms with Crippen LogP contribution in [0, 0.1) is 22.1 Å². The highest BCUT2D eigenvalue weighted by Gasteiger charge is 2.40. The Morgan fingerprint density at radius 3 is 1.63 bits per heavy atom. The average Bonchev–Trinajstić information content (AvgIpc) is 3.07. The molecular formula is C40H51FO8. The molecule has 3 heterocycles. The van der Waals surface area contributed by atoms with E-state index < -0.39 is 0 Å². The van der Waals surface area contributed by atoms with Crippen LogP contribution >= 0.6 is 0 Å². The number of aryl methyl sites for hydroxylation is 1. The number of hydrogen-bond acceptors (Lipinski definition) is 8. The van der Waals surface area contributed by atoms with Crippen LogP contribution in [0.15, 0.2) is 60.7 Å². The number of carbonyl (C=O) groups is 1. The summed E-state index contributed by atoms with van der Waals surface area (Å²) in [5, 5.41) is 0. The highest BCUT2D eigenvalue weighted by atomic mass is 19.1. The second kappa shape index (κ2) is 16.8. The minimum atomic E-state index is -0.361. The summed E-state index contributed by atoms with van der Waals surface area (Å²) in [6.07, 6.45) is 5.30. The van der Waals surface area contributed by atoms with Crippen LogP contribution in [0.5, 0.6) is 23.0 Å². The monoisotopic (exact) mass is 678 g/mol. The van der Waals surface area contributed by atoms with Gasteiger partial charge >= 0.3 is 0 Å². The van der Waals surface area contributed by atoms with E-state index in [4.69, 9.17) is 33.2 Å². The Bertz CT molecular complexity index is 1480. The predicted octanol–water partition coefficient (Wildman–Crippen LogP) is 7.74. The van der Waals surface area contributed by atoms with Crippen molar-refractivity contribution in [2.75, 3.05) is 66.6 Å². The van der Waals surface area contributed by atoms with E-state index in [1.165, 1.54) is 13.2 Å². The molecule has 3 saturated heterocycles. The third-order valence-electron chi connectivity index (χ3n) is 10.2. The van der Waals surface area contributed by atoms with E-state index in [0.29, 0.717) is 26.2 Å². The van der Waals surface area contributed by atoms with Crippen molar-refractivity contribution in [3.8, 4) is 34.1 Å². The maximum absolute atomic E-state index is 13.8. The number of halogens is 1. The van der Waals surface area contributed by atoms with Gasteiger partial charge in [-0.25, -0.2) is 4.39 Å². The van der Waals surface area contributed by atoms with Crippen molar-refractivity contribution in [1.82, 2.24) is 0 Å². The van der Waals surface area contributed by atoms with Gasteiger partial charge in [-0.1, -0.05) is 45.0 Å². The van der Waals surface area contributed by atoms with Crippen LogP contribution in [0.2, 0.25) is 0 Å². The highest BCUT2D eigenvalue weighted by Crippen LogP contribution is 2.38. The molecule has 0 atom stereocenters. The first-order valence-electron chi connectivity index (χ1n) is 17.4. The lowest BCUT2D eigenvalue weighted by Gasteiger charge is -2.41. The molecule has 3 aliphatic heterocycles. The van der Waals surface area contributed by atoms with Crippen molar-refractivity contribution in [1.29, 1.82) is 0 Å². The minimum Gasteiger partial charge on any atom is -0.494 e. The van der Waals surface area contributed by atoms with Gasteiger partial charge in [0.2, 0.25) is 0 Å². The predicted molar refractivity (Wildman–Crippen MR) is 186 cm³/mol. The summed E-state index contributed by atoms with van der Waals surface area (Å²) < 4.78 is 53.0. The van der Waals surface area contributed by atoms with E-state index >= 15 is 0 Å². The first-order valence-corrected chi connectivity index (χ1v) is 17.4. The SMILES string of the molecule is CCC1(COc2ccc(-c3ccc(OC)c(F)c3)cc2)COC1.CCC1(COc2ccc(CCC=O)cc2OCC2(CC)COC2)COC1. The van der Waals surface area contributed by atoms with Gasteiger partial charge in [-0.3, -0.25) is 0 Å². The zero-order valence-electron chi connectivity index (χ0n) is 29.4. The van der Waals surface area contributed by atoms with E-state index in [1.807, 2.05) is 48.5 Å². The van der Waals surface area contributed by atoms with Gasteiger partial charge in [-0.15, -0.1) is 0 Å². The summed E-state index contributed by atoms with van der Waals surface area (Å²) in [5.41, 5.74) is 3.25. The van der Waals surface area contributed by atoms with Crippen LogP contribution in [0.3, 0.4) is 0 Å². The number of carbonyl (C=O) groups excluding carboxylic acids is 1. The molecule has 8 nitrogen and oxygen atoms in total. The third-order valence-corrected chi connectivity index (χ3v) is 10.2. The summed E-state index contributed by atoms with van der Waals surface area (Å²) in [4.78, 5) is 10.7. The molecule has 0 bridgehead atoms. The van der Waals surface area contributed by atoms with E-state index in [2.05, 4.69) is 20.8 Å². The number of rotatable bonds is 17. The summed E-state index contributed by atoms with van der Waals surface area (Å²) in [7, 11) is 1.46. The van der Waals surface area contributed by atoms with Crippen molar-refractivity contribution in [2.24, 2.45) is 16.2 Å². The van der Waals surface area contributed by atoms with Crippen molar-refractivity contribution in [3.05, 3.63) is 72.0 Å². The largest absolute Gasteiger partial charge is 0.494 e. The molecule has 0 aliphatic carbocycles. The number of hydrogen-bond donors (Lipinski definition) is 0. The summed E-state index contributed by atoms with van der Waals surface area (Å²) in [6.45, 7) is 13.0. The Morgan fingerprint density at radius 1 is 0.653 bits per heavy atom. The Hall–Kier alpha value is -3.66. The molecule has 0 spiro atoms. The molecule has 3 fully saturated rings. The maximum atomic E-state index is 13.8. The van der Waals surface area contributed by atoms with E-state index in [0.717, 1.165) is 106 Å². The fourth-order valence-electron chi connectivity index (χ4n) is 5.79. The zero-order chi connectivity index (χ0) is 34.7. The zero-order valence-corrected chi connectivity index (χ0v) is 29.4. The molecule has 3 aromatic carbocycles. The van der Waals surface area contributed by atoms with Crippen LogP contribution in [0.1, 0.15) is 52.0 Å². The molecule has 49 heavy (non-hydrogen) atoms. The molecule has 0 saturated carbocycles. The fraction of sp³-hybridized carbons (Fsp3) is 0.525. The molecule has 0 radical (unpaired) electrons. The van der Waals surface area contributed by atoms with E-state index in [-0.39, 0.29) is 27.8 Å². The molecule has 6 rings (SSSR count). The van der Waals surface area contributed by atoms with E-state index in [1.54, 1.807) is 6.07 Å². The van der Waals surface area contributed by atoms with Crippen LogP contribution in [-0.4, -0.2) is 72.9 Å². The lowest BCUT2D eigenvalue weighted by atomic mass is 9.84. The normalized spacial score (nSPS) is 18.0.